The first-order valence-corrected chi connectivity index (χ1v) is 10.8. The minimum atomic E-state index is -3.38. The van der Waals surface area contributed by atoms with E-state index in [9.17, 15) is 18.0 Å². The van der Waals surface area contributed by atoms with Crippen LogP contribution in [0.15, 0.2) is 52.2 Å². The second-order valence-electron chi connectivity index (χ2n) is 6.97. The number of hydrogen-bond donors (Lipinski definition) is 2. The van der Waals surface area contributed by atoms with Crippen LogP contribution in [0.25, 0.3) is 10.9 Å². The fourth-order valence-electron chi connectivity index (χ4n) is 3.18. The van der Waals surface area contributed by atoms with Crippen molar-refractivity contribution < 1.29 is 13.2 Å². The van der Waals surface area contributed by atoms with E-state index in [1.165, 1.54) is 18.2 Å². The van der Waals surface area contributed by atoms with Crippen LogP contribution < -0.4 is 10.9 Å². The second-order valence-corrected chi connectivity index (χ2v) is 8.99. The number of aromatic nitrogens is 1. The van der Waals surface area contributed by atoms with Gasteiger partial charge in [0, 0.05) is 34.8 Å². The molecule has 0 saturated carbocycles. The summed E-state index contributed by atoms with van der Waals surface area (Å²) < 4.78 is 23.3. The van der Waals surface area contributed by atoms with Crippen molar-refractivity contribution in [1.29, 1.82) is 0 Å². The minimum Gasteiger partial charge on any atom is -0.352 e. The minimum absolute atomic E-state index is 0.0943. The average Bonchev–Trinajstić information content (AvgIpc) is 2.61. The number of rotatable bonds is 5. The zero-order chi connectivity index (χ0) is 20.5. The molecule has 0 unspecified atom stereocenters. The van der Waals surface area contributed by atoms with E-state index in [4.69, 9.17) is 0 Å². The second kappa shape index (κ2) is 7.59. The van der Waals surface area contributed by atoms with E-state index in [2.05, 4.69) is 16.4 Å². The monoisotopic (exact) mass is 398 g/mol. The van der Waals surface area contributed by atoms with Crippen LogP contribution >= 0.6 is 0 Å². The molecule has 0 saturated heterocycles. The summed E-state index contributed by atoms with van der Waals surface area (Å²) in [6.45, 7) is 4.24. The standard InChI is InChI=1S/C21H22N2O4S/c1-13-9-14(2)18-12-16(21(25)23-19(18)10-13)7-8-22-20(24)15-5-4-6-17(11-15)28(3,26)27/h4-6,9-12H,7-8H2,1-3H3,(H,22,24)(H,23,25). The van der Waals surface area contributed by atoms with E-state index in [0.717, 1.165) is 28.3 Å². The Morgan fingerprint density at radius 3 is 2.57 bits per heavy atom. The Balaban J connectivity index is 1.74. The summed E-state index contributed by atoms with van der Waals surface area (Å²) in [4.78, 5) is 27.6. The smallest absolute Gasteiger partial charge is 0.251 e. The highest BCUT2D eigenvalue weighted by Crippen LogP contribution is 2.18. The van der Waals surface area contributed by atoms with Gasteiger partial charge in [0.15, 0.2) is 9.84 Å². The molecule has 3 aromatic rings. The van der Waals surface area contributed by atoms with E-state index in [0.29, 0.717) is 12.0 Å². The number of carbonyl (C=O) groups excluding carboxylic acids is 1. The zero-order valence-corrected chi connectivity index (χ0v) is 16.8. The van der Waals surface area contributed by atoms with Gasteiger partial charge in [0.2, 0.25) is 0 Å². The summed E-state index contributed by atoms with van der Waals surface area (Å²) in [5.74, 6) is -0.380. The summed E-state index contributed by atoms with van der Waals surface area (Å²) in [6.07, 6.45) is 1.47. The van der Waals surface area contributed by atoms with Gasteiger partial charge >= 0.3 is 0 Å². The molecule has 1 aromatic heterocycles. The summed E-state index contributed by atoms with van der Waals surface area (Å²) in [5, 5.41) is 3.72. The average molecular weight is 398 g/mol. The highest BCUT2D eigenvalue weighted by molar-refractivity contribution is 7.90. The molecular formula is C21H22N2O4S. The van der Waals surface area contributed by atoms with Crippen molar-refractivity contribution in [3.05, 3.63) is 75.1 Å². The van der Waals surface area contributed by atoms with Crippen LogP contribution in [-0.2, 0) is 16.3 Å². The number of aromatic amines is 1. The first-order chi connectivity index (χ1) is 13.1. The van der Waals surface area contributed by atoms with Gasteiger partial charge in [0.05, 0.1) is 4.90 Å². The zero-order valence-electron chi connectivity index (χ0n) is 16.0. The number of hydrogen-bond acceptors (Lipinski definition) is 4. The molecule has 1 heterocycles. The lowest BCUT2D eigenvalue weighted by Gasteiger charge is -2.09. The van der Waals surface area contributed by atoms with Crippen molar-refractivity contribution in [2.24, 2.45) is 0 Å². The third-order valence-corrected chi connectivity index (χ3v) is 5.70. The SMILES string of the molecule is Cc1cc(C)c2cc(CCNC(=O)c3cccc(S(C)(=O)=O)c3)c(=O)[nH]c2c1. The molecule has 6 nitrogen and oxygen atoms in total. The first-order valence-electron chi connectivity index (χ1n) is 8.86. The van der Waals surface area contributed by atoms with Gasteiger partial charge in [-0.15, -0.1) is 0 Å². The Labute approximate surface area is 163 Å². The molecule has 7 heteroatoms. The third kappa shape index (κ3) is 4.31. The Morgan fingerprint density at radius 1 is 1.11 bits per heavy atom. The molecule has 0 fully saturated rings. The van der Waals surface area contributed by atoms with Gasteiger partial charge in [-0.05, 0) is 61.7 Å². The summed E-state index contributed by atoms with van der Waals surface area (Å²) >= 11 is 0. The quantitative estimate of drug-likeness (QED) is 0.690. The van der Waals surface area contributed by atoms with Gasteiger partial charge < -0.3 is 10.3 Å². The Kier molecular flexibility index (Phi) is 5.38. The fraction of sp³-hybridized carbons (Fsp3) is 0.238. The molecule has 0 radical (unpaired) electrons. The first kappa shape index (κ1) is 19.8. The number of carbonyl (C=O) groups is 1. The number of fused-ring (bicyclic) bond motifs is 1. The largest absolute Gasteiger partial charge is 0.352 e. The maximum atomic E-state index is 12.3. The van der Waals surface area contributed by atoms with E-state index < -0.39 is 9.84 Å². The summed E-state index contributed by atoms with van der Waals surface area (Å²) in [6, 6.07) is 11.7. The highest BCUT2D eigenvalue weighted by Gasteiger charge is 2.12. The molecule has 0 spiro atoms. The van der Waals surface area contributed by atoms with E-state index >= 15 is 0 Å². The highest BCUT2D eigenvalue weighted by atomic mass is 32.2. The summed E-state index contributed by atoms with van der Waals surface area (Å²) in [7, 11) is -3.38. The number of nitrogens with one attached hydrogen (secondary N) is 2. The topological polar surface area (TPSA) is 96.1 Å². The van der Waals surface area contributed by atoms with Crippen molar-refractivity contribution >= 4 is 26.6 Å². The molecule has 0 aliphatic heterocycles. The molecule has 2 aromatic carbocycles. The van der Waals surface area contributed by atoms with Gasteiger partial charge in [-0.1, -0.05) is 12.1 Å². The molecule has 2 N–H and O–H groups in total. The lowest BCUT2D eigenvalue weighted by atomic mass is 10.0. The van der Waals surface area contributed by atoms with Crippen molar-refractivity contribution in [2.45, 2.75) is 25.2 Å². The maximum Gasteiger partial charge on any atom is 0.251 e. The van der Waals surface area contributed by atoms with E-state index in [-0.39, 0.29) is 28.5 Å². The van der Waals surface area contributed by atoms with Crippen molar-refractivity contribution in [3.8, 4) is 0 Å². The van der Waals surface area contributed by atoms with Crippen LogP contribution in [0.2, 0.25) is 0 Å². The maximum absolute atomic E-state index is 12.3. The number of sulfone groups is 1. The van der Waals surface area contributed by atoms with E-state index in [1.807, 2.05) is 26.0 Å². The van der Waals surface area contributed by atoms with Gasteiger partial charge in [0.25, 0.3) is 11.5 Å². The van der Waals surface area contributed by atoms with E-state index in [1.54, 1.807) is 6.07 Å². The van der Waals surface area contributed by atoms with Crippen LogP contribution in [0, 0.1) is 13.8 Å². The molecular weight excluding hydrogens is 376 g/mol. The molecule has 3 rings (SSSR count). The molecule has 0 aliphatic carbocycles. The van der Waals surface area contributed by atoms with Crippen LogP contribution in [0.3, 0.4) is 0 Å². The van der Waals surface area contributed by atoms with Gasteiger partial charge in [-0.3, -0.25) is 9.59 Å². The number of H-pyrrole nitrogens is 1. The van der Waals surface area contributed by atoms with Crippen LogP contribution in [-0.4, -0.2) is 32.1 Å². The van der Waals surface area contributed by atoms with Gasteiger partial charge in [-0.2, -0.15) is 0 Å². The molecule has 0 atom stereocenters. The predicted molar refractivity (Wildman–Crippen MR) is 110 cm³/mol. The number of amides is 1. The molecule has 146 valence electrons. The third-order valence-electron chi connectivity index (χ3n) is 4.59. The molecule has 0 bridgehead atoms. The number of benzene rings is 2. The Hall–Kier alpha value is -2.93. The lowest BCUT2D eigenvalue weighted by Crippen LogP contribution is -2.27. The van der Waals surface area contributed by atoms with Gasteiger partial charge in [0.1, 0.15) is 0 Å². The van der Waals surface area contributed by atoms with Crippen molar-refractivity contribution in [2.75, 3.05) is 12.8 Å². The molecule has 28 heavy (non-hydrogen) atoms. The summed E-state index contributed by atoms with van der Waals surface area (Å²) in [5.41, 5.74) is 3.64. The van der Waals surface area contributed by atoms with Crippen molar-refractivity contribution in [3.63, 3.8) is 0 Å². The fourth-order valence-corrected chi connectivity index (χ4v) is 3.85. The number of aryl methyl sites for hydroxylation is 2. The lowest BCUT2D eigenvalue weighted by molar-refractivity contribution is 0.0954. The Morgan fingerprint density at radius 2 is 1.86 bits per heavy atom. The van der Waals surface area contributed by atoms with Crippen molar-refractivity contribution in [1.82, 2.24) is 10.3 Å². The van der Waals surface area contributed by atoms with Crippen LogP contribution in [0.5, 0.6) is 0 Å². The van der Waals surface area contributed by atoms with Crippen LogP contribution in [0.1, 0.15) is 27.0 Å². The van der Waals surface area contributed by atoms with Crippen LogP contribution in [0.4, 0.5) is 0 Å². The number of pyridine rings is 1. The van der Waals surface area contributed by atoms with Gasteiger partial charge in [-0.25, -0.2) is 8.42 Å². The molecule has 1 amide bonds. The molecule has 0 aliphatic rings. The Bertz CT molecular complexity index is 1230. The predicted octanol–water partition coefficient (Wildman–Crippen LogP) is 2.52. The normalized spacial score (nSPS) is 11.5.